The number of hydrogen-bond acceptors (Lipinski definition) is 3. The van der Waals surface area contributed by atoms with Gasteiger partial charge < -0.3 is 4.74 Å². The standard InChI is InChI=1S/C12H17ClO3/c1-7(14)16-12-6-5-11(4,10(12,2)3)9(15)8(12)13/h8H,5-6H2,1-4H3. The summed E-state index contributed by atoms with van der Waals surface area (Å²) in [6, 6.07) is 0. The summed E-state index contributed by atoms with van der Waals surface area (Å²) < 4.78 is 5.46. The number of hydrogen-bond donors (Lipinski definition) is 0. The Morgan fingerprint density at radius 1 is 1.38 bits per heavy atom. The minimum absolute atomic E-state index is 0.0201. The van der Waals surface area contributed by atoms with Crippen molar-refractivity contribution in [2.75, 3.05) is 0 Å². The summed E-state index contributed by atoms with van der Waals surface area (Å²) in [7, 11) is 0. The van der Waals surface area contributed by atoms with Gasteiger partial charge in [0.2, 0.25) is 0 Å². The third-order valence-corrected chi connectivity index (χ3v) is 5.49. The van der Waals surface area contributed by atoms with Gasteiger partial charge in [-0.05, 0) is 12.8 Å². The number of carbonyl (C=O) groups excluding carboxylic acids is 2. The third-order valence-electron chi connectivity index (χ3n) is 4.94. The summed E-state index contributed by atoms with van der Waals surface area (Å²) in [5.41, 5.74) is -1.67. The SMILES string of the molecule is CC(=O)OC12CCC(C)(C(=O)C1Cl)C2(C)C. The molecule has 2 saturated carbocycles. The minimum atomic E-state index is -0.813. The maximum Gasteiger partial charge on any atom is 0.303 e. The van der Waals surface area contributed by atoms with E-state index in [4.69, 9.17) is 16.3 Å². The number of esters is 1. The third kappa shape index (κ3) is 1.01. The lowest BCUT2D eigenvalue weighted by Crippen LogP contribution is -2.48. The fourth-order valence-electron chi connectivity index (χ4n) is 3.38. The first-order valence-electron chi connectivity index (χ1n) is 5.57. The number of fused-ring (bicyclic) bond motifs is 2. The summed E-state index contributed by atoms with van der Waals surface area (Å²) >= 11 is 6.21. The maximum atomic E-state index is 12.2. The van der Waals surface area contributed by atoms with Crippen LogP contribution in [-0.2, 0) is 14.3 Å². The number of carbonyl (C=O) groups is 2. The van der Waals surface area contributed by atoms with E-state index < -0.39 is 21.8 Å². The lowest BCUT2D eigenvalue weighted by molar-refractivity contribution is -0.166. The second-order valence-electron chi connectivity index (χ2n) is 5.67. The van der Waals surface area contributed by atoms with Gasteiger partial charge in [-0.15, -0.1) is 11.6 Å². The van der Waals surface area contributed by atoms with Gasteiger partial charge in [-0.2, -0.15) is 0 Å². The Labute approximate surface area is 100 Å². The van der Waals surface area contributed by atoms with E-state index in [0.29, 0.717) is 6.42 Å². The highest BCUT2D eigenvalue weighted by molar-refractivity contribution is 6.34. The van der Waals surface area contributed by atoms with Gasteiger partial charge in [0.1, 0.15) is 11.0 Å². The molecular weight excluding hydrogens is 228 g/mol. The molecule has 0 aliphatic heterocycles. The van der Waals surface area contributed by atoms with E-state index in [-0.39, 0.29) is 11.8 Å². The molecule has 0 saturated heterocycles. The molecule has 0 aromatic rings. The average molecular weight is 245 g/mol. The molecule has 2 rings (SSSR count). The highest BCUT2D eigenvalue weighted by Gasteiger charge is 2.76. The Balaban J connectivity index is 2.53. The van der Waals surface area contributed by atoms with Crippen LogP contribution in [0.2, 0.25) is 0 Å². The predicted molar refractivity (Wildman–Crippen MR) is 60.3 cm³/mol. The number of alkyl halides is 1. The first-order valence-corrected chi connectivity index (χ1v) is 6.01. The second kappa shape index (κ2) is 3.00. The van der Waals surface area contributed by atoms with Crippen LogP contribution in [0.1, 0.15) is 40.5 Å². The number of ether oxygens (including phenoxy) is 1. The fraction of sp³-hybridized carbons (Fsp3) is 0.833. The van der Waals surface area contributed by atoms with Crippen LogP contribution in [0.15, 0.2) is 0 Å². The highest BCUT2D eigenvalue weighted by atomic mass is 35.5. The van der Waals surface area contributed by atoms with Crippen LogP contribution in [0.25, 0.3) is 0 Å². The molecule has 2 aliphatic rings. The predicted octanol–water partition coefficient (Wildman–Crippen LogP) is 2.30. The van der Waals surface area contributed by atoms with Gasteiger partial charge in [0.05, 0.1) is 0 Å². The van der Waals surface area contributed by atoms with Crippen LogP contribution in [0.5, 0.6) is 0 Å². The van der Waals surface area contributed by atoms with Crippen LogP contribution in [0.4, 0.5) is 0 Å². The number of rotatable bonds is 1. The molecule has 0 radical (unpaired) electrons. The largest absolute Gasteiger partial charge is 0.457 e. The van der Waals surface area contributed by atoms with Crippen molar-refractivity contribution in [2.24, 2.45) is 10.8 Å². The highest BCUT2D eigenvalue weighted by Crippen LogP contribution is 2.68. The molecule has 0 aromatic carbocycles. The molecule has 3 atom stereocenters. The van der Waals surface area contributed by atoms with Crippen LogP contribution in [0, 0.1) is 10.8 Å². The fourth-order valence-corrected chi connectivity index (χ4v) is 4.05. The molecule has 0 aromatic heterocycles. The lowest BCUT2D eigenvalue weighted by atomic mass is 9.69. The maximum absolute atomic E-state index is 12.2. The molecule has 0 heterocycles. The molecular formula is C12H17ClO3. The van der Waals surface area contributed by atoms with E-state index in [9.17, 15) is 9.59 Å². The Hall–Kier alpha value is -0.570. The summed E-state index contributed by atoms with van der Waals surface area (Å²) in [4.78, 5) is 23.4. The van der Waals surface area contributed by atoms with E-state index in [1.165, 1.54) is 6.92 Å². The monoisotopic (exact) mass is 244 g/mol. The summed E-state index contributed by atoms with van der Waals surface area (Å²) in [6.07, 6.45) is 1.42. The molecule has 0 amide bonds. The second-order valence-corrected chi connectivity index (χ2v) is 6.10. The summed E-state index contributed by atoms with van der Waals surface area (Å²) in [5, 5.41) is -0.704. The number of halogens is 1. The normalized spacial score (nSPS) is 44.8. The van der Waals surface area contributed by atoms with Crippen molar-refractivity contribution in [1.29, 1.82) is 0 Å². The first kappa shape index (κ1) is 11.9. The Morgan fingerprint density at radius 2 is 1.94 bits per heavy atom. The van der Waals surface area contributed by atoms with E-state index in [2.05, 4.69) is 0 Å². The number of ketones is 1. The number of Topliss-reactive ketones (excluding diaryl/α,β-unsaturated/α-hetero) is 1. The van der Waals surface area contributed by atoms with Crippen LogP contribution < -0.4 is 0 Å². The van der Waals surface area contributed by atoms with E-state index >= 15 is 0 Å². The molecule has 16 heavy (non-hydrogen) atoms. The van der Waals surface area contributed by atoms with Gasteiger partial charge in [0, 0.05) is 17.8 Å². The Bertz CT molecular complexity index is 376. The van der Waals surface area contributed by atoms with Gasteiger partial charge in [-0.3, -0.25) is 9.59 Å². The summed E-state index contributed by atoms with van der Waals surface area (Å²) in [6.45, 7) is 7.25. The van der Waals surface area contributed by atoms with Crippen molar-refractivity contribution in [3.8, 4) is 0 Å². The van der Waals surface area contributed by atoms with Gasteiger partial charge >= 0.3 is 5.97 Å². The zero-order chi connectivity index (χ0) is 12.4. The quantitative estimate of drug-likeness (QED) is 0.525. The lowest BCUT2D eigenvalue weighted by Gasteiger charge is -2.39. The Morgan fingerprint density at radius 3 is 2.31 bits per heavy atom. The van der Waals surface area contributed by atoms with Crippen molar-refractivity contribution in [3.63, 3.8) is 0 Å². The molecule has 0 N–H and O–H groups in total. The van der Waals surface area contributed by atoms with Gasteiger partial charge in [-0.1, -0.05) is 20.8 Å². The molecule has 2 bridgehead atoms. The van der Waals surface area contributed by atoms with E-state index in [1.807, 2.05) is 20.8 Å². The smallest absolute Gasteiger partial charge is 0.303 e. The van der Waals surface area contributed by atoms with Crippen molar-refractivity contribution in [3.05, 3.63) is 0 Å². The van der Waals surface area contributed by atoms with Crippen LogP contribution >= 0.6 is 11.6 Å². The Kier molecular flexibility index (Phi) is 2.24. The van der Waals surface area contributed by atoms with Crippen molar-refractivity contribution in [2.45, 2.75) is 51.5 Å². The van der Waals surface area contributed by atoms with Gasteiger partial charge in [0.25, 0.3) is 0 Å². The van der Waals surface area contributed by atoms with Crippen molar-refractivity contribution in [1.82, 2.24) is 0 Å². The van der Waals surface area contributed by atoms with E-state index in [0.717, 1.165) is 6.42 Å². The molecule has 90 valence electrons. The topological polar surface area (TPSA) is 43.4 Å². The first-order chi connectivity index (χ1) is 7.19. The van der Waals surface area contributed by atoms with Crippen LogP contribution in [0.3, 0.4) is 0 Å². The molecule has 3 unspecified atom stereocenters. The van der Waals surface area contributed by atoms with Gasteiger partial charge in [0.15, 0.2) is 5.78 Å². The molecule has 0 spiro atoms. The zero-order valence-electron chi connectivity index (χ0n) is 10.1. The van der Waals surface area contributed by atoms with Crippen molar-refractivity contribution < 1.29 is 14.3 Å². The minimum Gasteiger partial charge on any atom is -0.457 e. The summed E-state index contributed by atoms with van der Waals surface area (Å²) in [5.74, 6) is -0.343. The zero-order valence-corrected chi connectivity index (χ0v) is 10.9. The van der Waals surface area contributed by atoms with Crippen LogP contribution in [-0.4, -0.2) is 22.7 Å². The van der Waals surface area contributed by atoms with Gasteiger partial charge in [-0.25, -0.2) is 0 Å². The molecule has 4 heteroatoms. The molecule has 2 fully saturated rings. The molecule has 3 nitrogen and oxygen atoms in total. The van der Waals surface area contributed by atoms with Crippen molar-refractivity contribution >= 4 is 23.4 Å². The molecule has 2 aliphatic carbocycles. The van der Waals surface area contributed by atoms with E-state index in [1.54, 1.807) is 0 Å². The average Bonchev–Trinajstić information content (AvgIpc) is 2.41.